The molecule has 1 aromatic carbocycles. The van der Waals surface area contributed by atoms with Gasteiger partial charge < -0.3 is 4.52 Å². The first-order chi connectivity index (χ1) is 9.34. The molecule has 5 heteroatoms. The normalized spacial score (nSPS) is 11.4. The molecule has 0 bridgehead atoms. The summed E-state index contributed by atoms with van der Waals surface area (Å²) in [4.78, 5) is 11.8. The lowest BCUT2D eigenvalue weighted by molar-refractivity contribution is -0.115. The SMILES string of the molecule is CC(C)(C)c1cc(NC(=O)Cc2ccc(F)cc2)on1. The topological polar surface area (TPSA) is 55.1 Å². The van der Waals surface area contributed by atoms with Crippen LogP contribution in [-0.4, -0.2) is 11.1 Å². The minimum Gasteiger partial charge on any atom is -0.338 e. The molecule has 20 heavy (non-hydrogen) atoms. The van der Waals surface area contributed by atoms with Crippen LogP contribution in [0.1, 0.15) is 32.0 Å². The molecule has 1 N–H and O–H groups in total. The molecule has 0 spiro atoms. The van der Waals surface area contributed by atoms with Crippen molar-refractivity contribution in [2.75, 3.05) is 5.32 Å². The lowest BCUT2D eigenvalue weighted by Gasteiger charge is -2.12. The van der Waals surface area contributed by atoms with Crippen LogP contribution in [0, 0.1) is 5.82 Å². The molecule has 0 atom stereocenters. The summed E-state index contributed by atoms with van der Waals surface area (Å²) in [7, 11) is 0. The van der Waals surface area contributed by atoms with E-state index in [1.165, 1.54) is 12.1 Å². The summed E-state index contributed by atoms with van der Waals surface area (Å²) in [6, 6.07) is 7.53. The van der Waals surface area contributed by atoms with Gasteiger partial charge in [-0.1, -0.05) is 38.1 Å². The summed E-state index contributed by atoms with van der Waals surface area (Å²) in [5, 5.41) is 6.56. The maximum atomic E-state index is 12.8. The average molecular weight is 276 g/mol. The van der Waals surface area contributed by atoms with Crippen molar-refractivity contribution in [2.24, 2.45) is 0 Å². The number of carbonyl (C=O) groups is 1. The van der Waals surface area contributed by atoms with Crippen LogP contribution >= 0.6 is 0 Å². The lowest BCUT2D eigenvalue weighted by Crippen LogP contribution is -2.14. The van der Waals surface area contributed by atoms with Crippen LogP contribution in [0.15, 0.2) is 34.9 Å². The highest BCUT2D eigenvalue weighted by molar-refractivity contribution is 5.91. The van der Waals surface area contributed by atoms with Crippen LogP contribution in [0.5, 0.6) is 0 Å². The molecule has 0 radical (unpaired) electrons. The predicted octanol–water partition coefficient (Wildman–Crippen LogP) is 3.29. The summed E-state index contributed by atoms with van der Waals surface area (Å²) >= 11 is 0. The Morgan fingerprint density at radius 3 is 2.50 bits per heavy atom. The number of carbonyl (C=O) groups excluding carboxylic acids is 1. The zero-order valence-corrected chi connectivity index (χ0v) is 11.7. The van der Waals surface area contributed by atoms with Crippen molar-refractivity contribution in [3.63, 3.8) is 0 Å². The molecule has 2 rings (SSSR count). The highest BCUT2D eigenvalue weighted by Gasteiger charge is 2.19. The predicted molar refractivity (Wildman–Crippen MR) is 73.9 cm³/mol. The van der Waals surface area contributed by atoms with Crippen molar-refractivity contribution in [2.45, 2.75) is 32.6 Å². The van der Waals surface area contributed by atoms with Gasteiger partial charge in [0.2, 0.25) is 11.8 Å². The van der Waals surface area contributed by atoms with E-state index in [9.17, 15) is 9.18 Å². The van der Waals surface area contributed by atoms with Crippen molar-refractivity contribution in [3.8, 4) is 0 Å². The smallest absolute Gasteiger partial charge is 0.231 e. The molecule has 4 nitrogen and oxygen atoms in total. The number of benzene rings is 1. The van der Waals surface area contributed by atoms with E-state index >= 15 is 0 Å². The van der Waals surface area contributed by atoms with Gasteiger partial charge in [0.1, 0.15) is 5.82 Å². The van der Waals surface area contributed by atoms with Gasteiger partial charge in [-0.15, -0.1) is 0 Å². The Labute approximate surface area is 117 Å². The molecule has 1 amide bonds. The average Bonchev–Trinajstić information content (AvgIpc) is 2.80. The second-order valence-electron chi connectivity index (χ2n) is 5.68. The van der Waals surface area contributed by atoms with E-state index in [4.69, 9.17) is 4.52 Å². The van der Waals surface area contributed by atoms with E-state index in [2.05, 4.69) is 10.5 Å². The van der Waals surface area contributed by atoms with Gasteiger partial charge in [-0.2, -0.15) is 0 Å². The van der Waals surface area contributed by atoms with Crippen LogP contribution in [-0.2, 0) is 16.6 Å². The van der Waals surface area contributed by atoms with Gasteiger partial charge in [0.25, 0.3) is 0 Å². The molecule has 0 fully saturated rings. The van der Waals surface area contributed by atoms with Gasteiger partial charge in [-0.25, -0.2) is 4.39 Å². The number of halogens is 1. The summed E-state index contributed by atoms with van der Waals surface area (Å²) < 4.78 is 17.8. The Kier molecular flexibility index (Phi) is 3.88. The van der Waals surface area contributed by atoms with Crippen molar-refractivity contribution in [3.05, 3.63) is 47.4 Å². The number of rotatable bonds is 3. The van der Waals surface area contributed by atoms with Gasteiger partial charge in [-0.05, 0) is 17.7 Å². The highest BCUT2D eigenvalue weighted by atomic mass is 19.1. The van der Waals surface area contributed by atoms with E-state index in [1.54, 1.807) is 18.2 Å². The third-order valence-electron chi connectivity index (χ3n) is 2.82. The first-order valence-corrected chi connectivity index (χ1v) is 6.36. The quantitative estimate of drug-likeness (QED) is 0.935. The number of nitrogens with one attached hydrogen (secondary N) is 1. The zero-order chi connectivity index (χ0) is 14.8. The zero-order valence-electron chi connectivity index (χ0n) is 11.7. The van der Waals surface area contributed by atoms with Gasteiger partial charge >= 0.3 is 0 Å². The van der Waals surface area contributed by atoms with Crippen LogP contribution in [0.25, 0.3) is 0 Å². The maximum Gasteiger partial charge on any atom is 0.231 e. The van der Waals surface area contributed by atoms with Crippen LogP contribution < -0.4 is 5.32 Å². The second kappa shape index (κ2) is 5.45. The van der Waals surface area contributed by atoms with Crippen molar-refractivity contribution in [1.29, 1.82) is 0 Å². The molecule has 0 aliphatic carbocycles. The monoisotopic (exact) mass is 276 g/mol. The Morgan fingerprint density at radius 1 is 1.30 bits per heavy atom. The van der Waals surface area contributed by atoms with Gasteiger partial charge in [-0.3, -0.25) is 10.1 Å². The molecule has 0 saturated heterocycles. The van der Waals surface area contributed by atoms with Crippen molar-refractivity contribution >= 4 is 11.8 Å². The van der Waals surface area contributed by atoms with Gasteiger partial charge in [0.05, 0.1) is 12.1 Å². The third kappa shape index (κ3) is 3.66. The molecular formula is C15H17FN2O2. The van der Waals surface area contributed by atoms with Gasteiger partial charge in [0, 0.05) is 11.5 Å². The number of anilines is 1. The molecule has 1 aromatic heterocycles. The Hall–Kier alpha value is -2.17. The first-order valence-electron chi connectivity index (χ1n) is 6.36. The van der Waals surface area contributed by atoms with Crippen LogP contribution in [0.2, 0.25) is 0 Å². The van der Waals surface area contributed by atoms with Crippen molar-refractivity contribution < 1.29 is 13.7 Å². The summed E-state index contributed by atoms with van der Waals surface area (Å²) in [5.41, 5.74) is 1.37. The fraction of sp³-hybridized carbons (Fsp3) is 0.333. The largest absolute Gasteiger partial charge is 0.338 e. The number of nitrogens with zero attached hydrogens (tertiary/aromatic N) is 1. The van der Waals surface area contributed by atoms with Crippen LogP contribution in [0.4, 0.5) is 10.3 Å². The van der Waals surface area contributed by atoms with E-state index < -0.39 is 0 Å². The number of hydrogen-bond acceptors (Lipinski definition) is 3. The van der Waals surface area contributed by atoms with Crippen molar-refractivity contribution in [1.82, 2.24) is 5.16 Å². The lowest BCUT2D eigenvalue weighted by atomic mass is 9.92. The highest BCUT2D eigenvalue weighted by Crippen LogP contribution is 2.23. The molecular weight excluding hydrogens is 259 g/mol. The van der Waals surface area contributed by atoms with Crippen LogP contribution in [0.3, 0.4) is 0 Å². The number of hydrogen-bond donors (Lipinski definition) is 1. The maximum absolute atomic E-state index is 12.8. The fourth-order valence-corrected chi connectivity index (χ4v) is 1.66. The molecule has 2 aromatic rings. The summed E-state index contributed by atoms with van der Waals surface area (Å²) in [5.74, 6) is -0.227. The van der Waals surface area contributed by atoms with Gasteiger partial charge in [0.15, 0.2) is 0 Å². The van der Waals surface area contributed by atoms with E-state index in [0.717, 1.165) is 11.3 Å². The van der Waals surface area contributed by atoms with E-state index in [0.29, 0.717) is 5.88 Å². The first kappa shape index (κ1) is 14.2. The third-order valence-corrected chi connectivity index (χ3v) is 2.82. The van der Waals surface area contributed by atoms with E-state index in [-0.39, 0.29) is 23.6 Å². The molecule has 0 aliphatic heterocycles. The molecule has 0 aliphatic rings. The molecule has 0 saturated carbocycles. The fourth-order valence-electron chi connectivity index (χ4n) is 1.66. The molecule has 0 unspecified atom stereocenters. The standard InChI is InChI=1S/C15H17FN2O2/c1-15(2,3)12-9-14(20-18-12)17-13(19)8-10-4-6-11(16)7-5-10/h4-7,9H,8H2,1-3H3,(H,17,19). The second-order valence-corrected chi connectivity index (χ2v) is 5.68. The Bertz CT molecular complexity index is 597. The minimum absolute atomic E-state index is 0.135. The minimum atomic E-state index is -0.320. The summed E-state index contributed by atoms with van der Waals surface area (Å²) in [6.45, 7) is 6.03. The number of amides is 1. The number of aromatic nitrogens is 1. The van der Waals surface area contributed by atoms with E-state index in [1.807, 2.05) is 20.8 Å². The molecule has 1 heterocycles. The Morgan fingerprint density at radius 2 is 1.95 bits per heavy atom. The molecule has 106 valence electrons. The summed E-state index contributed by atoms with van der Waals surface area (Å²) in [6.07, 6.45) is 0.159. The Balaban J connectivity index is 1.98.